The van der Waals surface area contributed by atoms with E-state index in [-0.39, 0.29) is 10.6 Å². The molecule has 0 bridgehead atoms. The second-order valence-corrected chi connectivity index (χ2v) is 6.80. The van der Waals surface area contributed by atoms with Crippen LogP contribution < -0.4 is 9.46 Å². The van der Waals surface area contributed by atoms with Gasteiger partial charge in [-0.05, 0) is 24.3 Å². The largest absolute Gasteiger partial charge is 0.497 e. The molecule has 0 saturated heterocycles. The number of rotatable bonds is 4. The van der Waals surface area contributed by atoms with Crippen LogP contribution in [0.25, 0.3) is 5.53 Å². The summed E-state index contributed by atoms with van der Waals surface area (Å²) in [6.45, 7) is 5.32. The quantitative estimate of drug-likeness (QED) is 0.521. The number of sulfonamides is 1. The summed E-state index contributed by atoms with van der Waals surface area (Å²) < 4.78 is 31.8. The fourth-order valence-corrected chi connectivity index (χ4v) is 2.57. The van der Waals surface area contributed by atoms with Crippen molar-refractivity contribution in [1.82, 2.24) is 4.72 Å². The van der Waals surface area contributed by atoms with Crippen molar-refractivity contribution in [3.05, 3.63) is 35.5 Å². The molecule has 108 valence electrons. The third kappa shape index (κ3) is 3.96. The van der Waals surface area contributed by atoms with E-state index in [1.807, 2.05) is 0 Å². The Morgan fingerprint density at radius 3 is 2.25 bits per heavy atom. The second kappa shape index (κ2) is 5.92. The van der Waals surface area contributed by atoms with Crippen LogP contribution in [0.1, 0.15) is 20.8 Å². The van der Waals surface area contributed by atoms with E-state index >= 15 is 0 Å². The highest BCUT2D eigenvalue weighted by Crippen LogP contribution is 2.23. The van der Waals surface area contributed by atoms with Crippen molar-refractivity contribution in [3.8, 4) is 5.75 Å². The monoisotopic (exact) mass is 295 g/mol. The van der Waals surface area contributed by atoms with Crippen LogP contribution in [-0.2, 0) is 10.0 Å². The van der Waals surface area contributed by atoms with Gasteiger partial charge in [0.1, 0.15) is 5.75 Å². The highest BCUT2D eigenvalue weighted by atomic mass is 32.2. The molecule has 1 aromatic rings. The highest BCUT2D eigenvalue weighted by molar-refractivity contribution is 7.89. The van der Waals surface area contributed by atoms with Gasteiger partial charge in [-0.3, -0.25) is 4.72 Å². The van der Waals surface area contributed by atoms with Gasteiger partial charge in [0.15, 0.2) is 5.70 Å². The van der Waals surface area contributed by atoms with E-state index in [4.69, 9.17) is 10.3 Å². The van der Waals surface area contributed by atoms with E-state index in [0.29, 0.717) is 5.75 Å². The van der Waals surface area contributed by atoms with Crippen molar-refractivity contribution in [2.45, 2.75) is 25.7 Å². The van der Waals surface area contributed by atoms with Gasteiger partial charge in [-0.15, -0.1) is 4.79 Å². The molecule has 0 saturated carbocycles. The summed E-state index contributed by atoms with van der Waals surface area (Å²) in [6.07, 6.45) is 0. The van der Waals surface area contributed by atoms with Gasteiger partial charge in [-0.25, -0.2) is 8.42 Å². The Morgan fingerprint density at radius 2 is 1.85 bits per heavy atom. The molecule has 1 aromatic carbocycles. The van der Waals surface area contributed by atoms with E-state index in [2.05, 4.69) is 15.4 Å². The molecule has 1 rings (SSSR count). The number of nitrogens with zero attached hydrogens (tertiary/aromatic N) is 2. The highest BCUT2D eigenvalue weighted by Gasteiger charge is 2.26. The first-order chi connectivity index (χ1) is 9.20. The molecule has 0 atom stereocenters. The first-order valence-corrected chi connectivity index (χ1v) is 7.33. The number of methoxy groups -OCH3 is 1. The number of allylic oxidation sites excluding steroid dienone is 1. The van der Waals surface area contributed by atoms with Gasteiger partial charge in [0, 0.05) is 5.41 Å². The van der Waals surface area contributed by atoms with E-state index in [1.165, 1.54) is 19.2 Å². The Bertz CT molecular complexity index is 660. The first-order valence-electron chi connectivity index (χ1n) is 5.85. The molecule has 7 heteroatoms. The standard InChI is InChI=1S/C13H17N3O3S/c1-13(2,3)12(9-15-14)16-20(17,18)11-7-5-10(19-4)6-8-11/h5-8,16H,1-4H3. The molecule has 1 N–H and O–H groups in total. The summed E-state index contributed by atoms with van der Waals surface area (Å²) in [4.78, 5) is 2.86. The van der Waals surface area contributed by atoms with Gasteiger partial charge in [-0.1, -0.05) is 20.8 Å². The summed E-state index contributed by atoms with van der Waals surface area (Å²) in [5.41, 5.74) is 8.18. The van der Waals surface area contributed by atoms with E-state index in [0.717, 1.165) is 0 Å². The van der Waals surface area contributed by atoms with Gasteiger partial charge in [0.25, 0.3) is 10.0 Å². The topological polar surface area (TPSA) is 91.8 Å². The average molecular weight is 295 g/mol. The van der Waals surface area contributed by atoms with E-state index < -0.39 is 15.4 Å². The summed E-state index contributed by atoms with van der Waals surface area (Å²) in [5, 5.41) is 0. The minimum absolute atomic E-state index is 0.0831. The lowest BCUT2D eigenvalue weighted by atomic mass is 9.93. The van der Waals surface area contributed by atoms with E-state index in [9.17, 15) is 8.42 Å². The average Bonchev–Trinajstić information content (AvgIpc) is 2.37. The van der Waals surface area contributed by atoms with Crippen LogP contribution in [0, 0.1) is 5.41 Å². The smallest absolute Gasteiger partial charge is 0.322 e. The van der Waals surface area contributed by atoms with Crippen LogP contribution in [0.4, 0.5) is 0 Å². The summed E-state index contributed by atoms with van der Waals surface area (Å²) in [6, 6.07) is 5.96. The molecule has 0 aliphatic carbocycles. The van der Waals surface area contributed by atoms with Crippen molar-refractivity contribution >= 4 is 15.9 Å². The minimum Gasteiger partial charge on any atom is -0.497 e. The zero-order chi connectivity index (χ0) is 15.4. The Labute approximate surface area is 118 Å². The molecule has 6 nitrogen and oxygen atoms in total. The molecule has 20 heavy (non-hydrogen) atoms. The molecule has 0 aromatic heterocycles. The van der Waals surface area contributed by atoms with Crippen molar-refractivity contribution < 1.29 is 17.9 Å². The van der Waals surface area contributed by atoms with Crippen molar-refractivity contribution in [3.63, 3.8) is 0 Å². The van der Waals surface area contributed by atoms with Crippen molar-refractivity contribution in [2.24, 2.45) is 5.41 Å². The number of hydrogen-bond acceptors (Lipinski definition) is 3. The molecule has 0 radical (unpaired) electrons. The summed E-state index contributed by atoms with van der Waals surface area (Å²) in [5.74, 6) is 2.82. The first kappa shape index (κ1) is 16.0. The normalized spacial score (nSPS) is 11.2. The summed E-state index contributed by atoms with van der Waals surface area (Å²) >= 11 is 0. The zero-order valence-electron chi connectivity index (χ0n) is 11.8. The molecule has 0 fully saturated rings. The molecule has 0 aliphatic heterocycles. The Hall–Kier alpha value is -2.07. The lowest BCUT2D eigenvalue weighted by Crippen LogP contribution is -2.30. The molecule has 0 amide bonds. The lowest BCUT2D eigenvalue weighted by molar-refractivity contribution is 0.00658. The van der Waals surface area contributed by atoms with Crippen molar-refractivity contribution in [1.29, 1.82) is 0 Å². The third-order valence-electron chi connectivity index (χ3n) is 2.52. The molecule has 0 heterocycles. The van der Waals surface area contributed by atoms with Gasteiger partial charge in [0.05, 0.1) is 12.0 Å². The maximum Gasteiger partial charge on any atom is 0.322 e. The van der Waals surface area contributed by atoms with Crippen LogP contribution in [0.5, 0.6) is 5.75 Å². The molecule has 0 aliphatic rings. The van der Waals surface area contributed by atoms with Gasteiger partial charge < -0.3 is 10.3 Å². The minimum atomic E-state index is -3.77. The van der Waals surface area contributed by atoms with Crippen LogP contribution in [-0.4, -0.2) is 26.2 Å². The predicted molar refractivity (Wildman–Crippen MR) is 74.9 cm³/mol. The van der Waals surface area contributed by atoms with Crippen LogP contribution in [0.2, 0.25) is 0 Å². The molecule has 0 spiro atoms. The van der Waals surface area contributed by atoms with Crippen LogP contribution in [0.3, 0.4) is 0 Å². The zero-order valence-corrected chi connectivity index (χ0v) is 12.7. The van der Waals surface area contributed by atoms with Gasteiger partial charge >= 0.3 is 5.87 Å². The molecular weight excluding hydrogens is 278 g/mol. The number of nitrogens with one attached hydrogen (secondary N) is 1. The Balaban J connectivity index is 3.17. The van der Waals surface area contributed by atoms with Crippen molar-refractivity contribution in [2.75, 3.05) is 7.11 Å². The molecular formula is C13H17N3O3S. The Kier molecular flexibility index (Phi) is 4.73. The lowest BCUT2D eigenvalue weighted by Gasteiger charge is -2.19. The number of ether oxygens (including phenoxy) is 1. The van der Waals surface area contributed by atoms with Crippen LogP contribution in [0.15, 0.2) is 34.9 Å². The van der Waals surface area contributed by atoms with Gasteiger partial charge in [-0.2, -0.15) is 0 Å². The maximum absolute atomic E-state index is 12.2. The maximum atomic E-state index is 12.2. The van der Waals surface area contributed by atoms with Gasteiger partial charge in [0.2, 0.25) is 0 Å². The third-order valence-corrected chi connectivity index (χ3v) is 3.88. The Morgan fingerprint density at radius 1 is 1.30 bits per heavy atom. The predicted octanol–water partition coefficient (Wildman–Crippen LogP) is 1.80. The van der Waals surface area contributed by atoms with E-state index in [1.54, 1.807) is 32.9 Å². The summed E-state index contributed by atoms with van der Waals surface area (Å²) in [7, 11) is -2.27. The molecule has 0 unspecified atom stereocenters. The SMILES string of the molecule is COc1ccc(S(=O)(=O)NC(=C=[N+]=[N-])C(C)(C)C)cc1. The number of hydrogen-bond donors (Lipinski definition) is 1. The fourth-order valence-electron chi connectivity index (χ4n) is 1.34. The number of benzene rings is 1. The van der Waals surface area contributed by atoms with Crippen LogP contribution >= 0.6 is 0 Å². The second-order valence-electron chi connectivity index (χ2n) is 5.12. The fraction of sp³-hybridized carbons (Fsp3) is 0.385.